The van der Waals surface area contributed by atoms with Gasteiger partial charge in [-0.15, -0.1) is 0 Å². The molecular formula is C14H18BrN3O3S. The second kappa shape index (κ2) is 5.59. The molecule has 1 fully saturated rings. The number of benzene rings is 1. The van der Waals surface area contributed by atoms with Crippen LogP contribution in [0.15, 0.2) is 21.5 Å². The summed E-state index contributed by atoms with van der Waals surface area (Å²) in [5.41, 5.74) is 7.45. The molecule has 8 heteroatoms. The molecule has 0 spiro atoms. The molecule has 2 aliphatic heterocycles. The van der Waals surface area contributed by atoms with Gasteiger partial charge in [-0.2, -0.15) is 4.31 Å². The summed E-state index contributed by atoms with van der Waals surface area (Å²) < 4.78 is 27.8. The van der Waals surface area contributed by atoms with Gasteiger partial charge < -0.3 is 11.1 Å². The number of hydrogen-bond acceptors (Lipinski definition) is 4. The lowest BCUT2D eigenvalue weighted by molar-refractivity contribution is -0.116. The molecule has 2 atom stereocenters. The van der Waals surface area contributed by atoms with Crippen molar-refractivity contribution in [3.05, 3.63) is 22.2 Å². The van der Waals surface area contributed by atoms with Gasteiger partial charge in [0.1, 0.15) is 0 Å². The molecule has 1 saturated heterocycles. The summed E-state index contributed by atoms with van der Waals surface area (Å²) in [6.45, 7) is 2.24. The van der Waals surface area contributed by atoms with E-state index in [1.807, 2.05) is 6.92 Å². The van der Waals surface area contributed by atoms with Gasteiger partial charge in [-0.1, -0.05) is 0 Å². The van der Waals surface area contributed by atoms with Crippen LogP contribution in [-0.4, -0.2) is 37.3 Å². The van der Waals surface area contributed by atoms with E-state index in [9.17, 15) is 13.2 Å². The average Bonchev–Trinajstić information content (AvgIpc) is 2.79. The standard InChI is InChI=1S/C14H18BrN3O3S/c1-8-11(16)4-5-18(8)22(20,21)13-7-12-9(6-10(13)15)2-3-14(19)17-12/h6-8,11H,2-5,16H2,1H3,(H,17,19)/t8-,11-/m0/s1. The molecule has 1 amide bonds. The highest BCUT2D eigenvalue weighted by atomic mass is 79.9. The molecular weight excluding hydrogens is 370 g/mol. The first-order valence-electron chi connectivity index (χ1n) is 7.20. The van der Waals surface area contributed by atoms with Gasteiger partial charge in [0.2, 0.25) is 15.9 Å². The van der Waals surface area contributed by atoms with Gasteiger partial charge in [-0.05, 0) is 53.4 Å². The predicted octanol–water partition coefficient (Wildman–Crippen LogP) is 1.44. The number of carbonyl (C=O) groups is 1. The van der Waals surface area contributed by atoms with Gasteiger partial charge in [0, 0.05) is 35.2 Å². The van der Waals surface area contributed by atoms with E-state index in [0.29, 0.717) is 36.0 Å². The summed E-state index contributed by atoms with van der Waals surface area (Å²) in [5.74, 6) is -0.0882. The summed E-state index contributed by atoms with van der Waals surface area (Å²) in [5, 5.41) is 2.74. The summed E-state index contributed by atoms with van der Waals surface area (Å²) in [4.78, 5) is 11.7. The monoisotopic (exact) mass is 387 g/mol. The number of hydrogen-bond donors (Lipinski definition) is 2. The zero-order valence-corrected chi connectivity index (χ0v) is 14.6. The van der Waals surface area contributed by atoms with Crippen LogP contribution in [0.3, 0.4) is 0 Å². The number of fused-ring (bicyclic) bond motifs is 1. The molecule has 6 nitrogen and oxygen atoms in total. The third-order valence-electron chi connectivity index (χ3n) is 4.40. The Hall–Kier alpha value is -0.960. The molecule has 1 aromatic rings. The number of aryl methyl sites for hydroxylation is 1. The van der Waals surface area contributed by atoms with Gasteiger partial charge in [0.15, 0.2) is 0 Å². The Balaban J connectivity index is 2.04. The highest BCUT2D eigenvalue weighted by Gasteiger charge is 2.38. The molecule has 0 aromatic heterocycles. The van der Waals surface area contributed by atoms with Gasteiger partial charge in [0.05, 0.1) is 4.90 Å². The van der Waals surface area contributed by atoms with Crippen molar-refractivity contribution in [1.82, 2.24) is 4.31 Å². The predicted molar refractivity (Wildman–Crippen MR) is 87.0 cm³/mol. The van der Waals surface area contributed by atoms with Crippen LogP contribution >= 0.6 is 15.9 Å². The van der Waals surface area contributed by atoms with Crippen LogP contribution in [0.4, 0.5) is 5.69 Å². The first-order chi connectivity index (χ1) is 10.3. The highest BCUT2D eigenvalue weighted by molar-refractivity contribution is 9.10. The summed E-state index contributed by atoms with van der Waals surface area (Å²) in [7, 11) is -3.65. The number of rotatable bonds is 2. The van der Waals surface area contributed by atoms with E-state index in [0.717, 1.165) is 5.56 Å². The summed E-state index contributed by atoms with van der Waals surface area (Å²) >= 11 is 3.36. The Morgan fingerprint density at radius 2 is 2.09 bits per heavy atom. The van der Waals surface area contributed by atoms with Crippen LogP contribution in [-0.2, 0) is 21.2 Å². The fourth-order valence-corrected chi connectivity index (χ4v) is 5.75. The number of carbonyl (C=O) groups excluding carboxylic acids is 1. The van der Waals surface area contributed by atoms with Gasteiger partial charge >= 0.3 is 0 Å². The Bertz CT molecular complexity index is 735. The first-order valence-corrected chi connectivity index (χ1v) is 9.43. The summed E-state index contributed by atoms with van der Waals surface area (Å²) in [6, 6.07) is 2.94. The minimum absolute atomic E-state index is 0.0882. The molecule has 2 heterocycles. The molecule has 0 radical (unpaired) electrons. The lowest BCUT2D eigenvalue weighted by Gasteiger charge is -2.25. The molecule has 0 saturated carbocycles. The van der Waals surface area contributed by atoms with Crippen molar-refractivity contribution < 1.29 is 13.2 Å². The van der Waals surface area contributed by atoms with Crippen molar-refractivity contribution in [2.24, 2.45) is 5.73 Å². The molecule has 22 heavy (non-hydrogen) atoms. The van der Waals surface area contributed by atoms with Gasteiger partial charge in [-0.25, -0.2) is 8.42 Å². The Labute approximate surface area is 138 Å². The number of sulfonamides is 1. The van der Waals surface area contributed by atoms with Crippen LogP contribution in [0, 0.1) is 0 Å². The molecule has 1 aromatic carbocycles. The zero-order chi connectivity index (χ0) is 16.1. The molecule has 0 bridgehead atoms. The molecule has 0 aliphatic carbocycles. The maximum atomic E-state index is 12.9. The maximum absolute atomic E-state index is 12.9. The molecule has 3 rings (SSSR count). The summed E-state index contributed by atoms with van der Waals surface area (Å²) in [6.07, 6.45) is 1.69. The normalized spacial score (nSPS) is 25.9. The van der Waals surface area contributed by atoms with E-state index < -0.39 is 10.0 Å². The van der Waals surface area contributed by atoms with E-state index in [-0.39, 0.29) is 22.9 Å². The van der Waals surface area contributed by atoms with E-state index >= 15 is 0 Å². The lowest BCUT2D eigenvalue weighted by Crippen LogP contribution is -2.40. The SMILES string of the molecule is C[C@H]1[C@@H](N)CCN1S(=O)(=O)c1cc2c(cc1Br)CCC(=O)N2. The van der Waals surface area contributed by atoms with Crippen LogP contribution in [0.25, 0.3) is 0 Å². The van der Waals surface area contributed by atoms with E-state index in [1.165, 1.54) is 4.31 Å². The van der Waals surface area contributed by atoms with Crippen LogP contribution in [0.5, 0.6) is 0 Å². The first kappa shape index (κ1) is 15.9. The molecule has 0 unspecified atom stereocenters. The van der Waals surface area contributed by atoms with Crippen LogP contribution < -0.4 is 11.1 Å². The molecule has 120 valence electrons. The minimum Gasteiger partial charge on any atom is -0.326 e. The highest BCUT2D eigenvalue weighted by Crippen LogP contribution is 2.35. The van der Waals surface area contributed by atoms with Crippen molar-refractivity contribution in [2.75, 3.05) is 11.9 Å². The molecule has 2 aliphatic rings. The van der Waals surface area contributed by atoms with Crippen molar-refractivity contribution in [2.45, 2.75) is 43.2 Å². The Morgan fingerprint density at radius 3 is 2.73 bits per heavy atom. The maximum Gasteiger partial charge on any atom is 0.244 e. The van der Waals surface area contributed by atoms with Crippen LogP contribution in [0.1, 0.15) is 25.3 Å². The zero-order valence-electron chi connectivity index (χ0n) is 12.2. The van der Waals surface area contributed by atoms with Gasteiger partial charge in [0.25, 0.3) is 0 Å². The van der Waals surface area contributed by atoms with E-state index in [1.54, 1.807) is 12.1 Å². The second-order valence-corrected chi connectivity index (χ2v) is 8.51. The fourth-order valence-electron chi connectivity index (χ4n) is 2.98. The Morgan fingerprint density at radius 1 is 1.36 bits per heavy atom. The van der Waals surface area contributed by atoms with Crippen molar-refractivity contribution in [3.8, 4) is 0 Å². The number of nitrogens with two attached hydrogens (primary N) is 1. The largest absolute Gasteiger partial charge is 0.326 e. The fraction of sp³-hybridized carbons (Fsp3) is 0.500. The molecule has 3 N–H and O–H groups in total. The minimum atomic E-state index is -3.65. The number of amides is 1. The Kier molecular flexibility index (Phi) is 4.05. The number of halogens is 1. The smallest absolute Gasteiger partial charge is 0.244 e. The van der Waals surface area contributed by atoms with Crippen molar-refractivity contribution in [3.63, 3.8) is 0 Å². The number of nitrogens with zero attached hydrogens (tertiary/aromatic N) is 1. The van der Waals surface area contributed by atoms with Crippen molar-refractivity contribution >= 4 is 37.5 Å². The van der Waals surface area contributed by atoms with Gasteiger partial charge in [-0.3, -0.25) is 4.79 Å². The average molecular weight is 388 g/mol. The quantitative estimate of drug-likeness (QED) is 0.802. The topological polar surface area (TPSA) is 92.5 Å². The lowest BCUT2D eigenvalue weighted by atomic mass is 10.0. The van der Waals surface area contributed by atoms with E-state index in [2.05, 4.69) is 21.2 Å². The van der Waals surface area contributed by atoms with E-state index in [4.69, 9.17) is 5.73 Å². The number of anilines is 1. The third kappa shape index (κ3) is 2.58. The van der Waals surface area contributed by atoms with Crippen LogP contribution in [0.2, 0.25) is 0 Å². The number of nitrogens with one attached hydrogen (secondary N) is 1. The van der Waals surface area contributed by atoms with Crippen molar-refractivity contribution in [1.29, 1.82) is 0 Å². The third-order valence-corrected chi connectivity index (χ3v) is 7.34. The second-order valence-electron chi connectivity index (χ2n) is 5.80.